The Labute approximate surface area is 209 Å². The molecule has 5 aromatic rings. The van der Waals surface area contributed by atoms with E-state index in [-0.39, 0.29) is 10.7 Å². The summed E-state index contributed by atoms with van der Waals surface area (Å²) in [7, 11) is -3.66. The normalized spacial score (nSPS) is 15.2. The van der Waals surface area contributed by atoms with Crippen LogP contribution < -0.4 is 4.90 Å². The zero-order chi connectivity index (χ0) is 24.7. The van der Waals surface area contributed by atoms with Gasteiger partial charge in [-0.05, 0) is 60.5 Å². The summed E-state index contributed by atoms with van der Waals surface area (Å²) in [5.41, 5.74) is 3.84. The highest BCUT2D eigenvalue weighted by molar-refractivity contribution is 7.90. The standard InChI is InChI=1S/C28H27FN4O2S/c29-22-9-10-26-25(19-22)21(20-30-26)11-13-31-15-17-32(18-16-31)27-7-4-8-28-24(27)12-14-33(28)36(34,35)23-5-2-1-3-6-23/h1-10,12,14,19-20,30H,11,13,15-18H2. The molecule has 0 unspecified atom stereocenters. The summed E-state index contributed by atoms with van der Waals surface area (Å²) >= 11 is 0. The van der Waals surface area contributed by atoms with Crippen LogP contribution in [-0.2, 0) is 16.4 Å². The molecule has 0 spiro atoms. The molecule has 0 radical (unpaired) electrons. The van der Waals surface area contributed by atoms with Crippen LogP contribution in [0.4, 0.5) is 10.1 Å². The minimum absolute atomic E-state index is 0.212. The summed E-state index contributed by atoms with van der Waals surface area (Å²) in [4.78, 5) is 8.27. The third-order valence-electron chi connectivity index (χ3n) is 7.11. The Morgan fingerprint density at radius 2 is 1.67 bits per heavy atom. The Hall–Kier alpha value is -3.62. The lowest BCUT2D eigenvalue weighted by atomic mass is 10.1. The van der Waals surface area contributed by atoms with Crippen molar-refractivity contribution >= 4 is 37.5 Å². The predicted octanol–water partition coefficient (Wildman–Crippen LogP) is 4.86. The number of nitrogens with zero attached hydrogens (tertiary/aromatic N) is 3. The molecule has 1 N–H and O–H groups in total. The number of benzene rings is 3. The second-order valence-corrected chi connectivity index (χ2v) is 11.0. The summed E-state index contributed by atoms with van der Waals surface area (Å²) in [6.45, 7) is 4.45. The van der Waals surface area contributed by atoms with E-state index in [4.69, 9.17) is 0 Å². The lowest BCUT2D eigenvalue weighted by Gasteiger charge is -2.36. The molecule has 36 heavy (non-hydrogen) atoms. The number of nitrogens with one attached hydrogen (secondary N) is 1. The van der Waals surface area contributed by atoms with Crippen molar-refractivity contribution in [3.05, 3.63) is 96.6 Å². The molecule has 6 rings (SSSR count). The van der Waals surface area contributed by atoms with Crippen LogP contribution in [0, 0.1) is 5.82 Å². The van der Waals surface area contributed by atoms with Crippen molar-refractivity contribution in [2.75, 3.05) is 37.6 Å². The molecule has 0 aliphatic carbocycles. The average molecular weight is 503 g/mol. The number of hydrogen-bond donors (Lipinski definition) is 1. The van der Waals surface area contributed by atoms with Gasteiger partial charge in [-0.2, -0.15) is 0 Å². The number of fused-ring (bicyclic) bond motifs is 2. The number of rotatable bonds is 6. The fraction of sp³-hybridized carbons (Fsp3) is 0.214. The van der Waals surface area contributed by atoms with E-state index >= 15 is 0 Å². The van der Waals surface area contributed by atoms with Gasteiger partial charge < -0.3 is 9.88 Å². The van der Waals surface area contributed by atoms with E-state index in [0.717, 1.165) is 66.7 Å². The van der Waals surface area contributed by atoms with Gasteiger partial charge >= 0.3 is 0 Å². The molecule has 3 aromatic carbocycles. The van der Waals surface area contributed by atoms with Gasteiger partial charge in [0.2, 0.25) is 0 Å². The molecule has 8 heteroatoms. The SMILES string of the molecule is O=S(=O)(c1ccccc1)n1ccc2c(N3CCN(CCc4c[nH]c5ccc(F)cc45)CC3)cccc21. The zero-order valence-corrected chi connectivity index (χ0v) is 20.6. The van der Waals surface area contributed by atoms with Crippen LogP contribution in [0.1, 0.15) is 5.56 Å². The van der Waals surface area contributed by atoms with Gasteiger partial charge in [-0.3, -0.25) is 4.90 Å². The van der Waals surface area contributed by atoms with Crippen molar-refractivity contribution in [3.8, 4) is 0 Å². The molecule has 0 bridgehead atoms. The van der Waals surface area contributed by atoms with Crippen molar-refractivity contribution < 1.29 is 12.8 Å². The largest absolute Gasteiger partial charge is 0.368 e. The monoisotopic (exact) mass is 502 g/mol. The molecule has 1 aliphatic rings. The van der Waals surface area contributed by atoms with E-state index in [1.54, 1.807) is 42.6 Å². The molecule has 0 atom stereocenters. The van der Waals surface area contributed by atoms with Gasteiger partial charge in [0.05, 0.1) is 10.4 Å². The average Bonchev–Trinajstić information content (AvgIpc) is 3.53. The number of aromatic amines is 1. The third kappa shape index (κ3) is 4.06. The number of hydrogen-bond acceptors (Lipinski definition) is 4. The molecular weight excluding hydrogens is 475 g/mol. The summed E-state index contributed by atoms with van der Waals surface area (Å²) in [5.74, 6) is -0.212. The molecule has 1 saturated heterocycles. The van der Waals surface area contributed by atoms with E-state index in [1.807, 2.05) is 30.5 Å². The molecule has 3 heterocycles. The number of halogens is 1. The first kappa shape index (κ1) is 22.8. The van der Waals surface area contributed by atoms with Gasteiger partial charge in [0.25, 0.3) is 10.0 Å². The maximum Gasteiger partial charge on any atom is 0.268 e. The molecule has 6 nitrogen and oxygen atoms in total. The van der Waals surface area contributed by atoms with Gasteiger partial charge in [-0.1, -0.05) is 24.3 Å². The molecule has 0 amide bonds. The highest BCUT2D eigenvalue weighted by atomic mass is 32.2. The van der Waals surface area contributed by atoms with Crippen LogP contribution >= 0.6 is 0 Å². The second-order valence-electron chi connectivity index (χ2n) is 9.22. The van der Waals surface area contributed by atoms with Crippen LogP contribution in [0.2, 0.25) is 0 Å². The van der Waals surface area contributed by atoms with E-state index in [1.165, 1.54) is 10.0 Å². The Bertz CT molecular complexity index is 1630. The molecular formula is C28H27FN4O2S. The minimum atomic E-state index is -3.66. The summed E-state index contributed by atoms with van der Waals surface area (Å²) in [6, 6.07) is 21.1. The van der Waals surface area contributed by atoms with Gasteiger partial charge in [-0.15, -0.1) is 0 Å². The zero-order valence-electron chi connectivity index (χ0n) is 19.8. The van der Waals surface area contributed by atoms with E-state index in [2.05, 4.69) is 20.9 Å². The van der Waals surface area contributed by atoms with Crippen LogP contribution in [-0.4, -0.2) is 55.0 Å². The summed E-state index contributed by atoms with van der Waals surface area (Å²) < 4.78 is 41.5. The maximum atomic E-state index is 13.7. The lowest BCUT2D eigenvalue weighted by molar-refractivity contribution is 0.261. The fourth-order valence-corrected chi connectivity index (χ4v) is 6.53. The molecule has 184 valence electrons. The van der Waals surface area contributed by atoms with E-state index in [9.17, 15) is 12.8 Å². The number of piperazine rings is 1. The Balaban J connectivity index is 1.16. The van der Waals surface area contributed by atoms with Crippen LogP contribution in [0.25, 0.3) is 21.8 Å². The molecule has 0 saturated carbocycles. The molecule has 1 fully saturated rings. The molecule has 2 aromatic heterocycles. The first-order valence-electron chi connectivity index (χ1n) is 12.1. The van der Waals surface area contributed by atoms with Gasteiger partial charge in [-0.25, -0.2) is 16.8 Å². The third-order valence-corrected chi connectivity index (χ3v) is 8.82. The first-order valence-corrected chi connectivity index (χ1v) is 13.6. The summed E-state index contributed by atoms with van der Waals surface area (Å²) in [5, 5.41) is 1.89. The number of aromatic nitrogens is 2. The number of anilines is 1. The minimum Gasteiger partial charge on any atom is -0.368 e. The second kappa shape index (κ2) is 9.11. The fourth-order valence-electron chi connectivity index (χ4n) is 5.17. The van der Waals surface area contributed by atoms with Crippen molar-refractivity contribution in [2.45, 2.75) is 11.3 Å². The van der Waals surface area contributed by atoms with E-state index in [0.29, 0.717) is 5.52 Å². The predicted molar refractivity (Wildman–Crippen MR) is 142 cm³/mol. The highest BCUT2D eigenvalue weighted by Gasteiger charge is 2.23. The maximum absolute atomic E-state index is 13.7. The van der Waals surface area contributed by atoms with Crippen LogP contribution in [0.5, 0.6) is 0 Å². The first-order chi connectivity index (χ1) is 17.5. The highest BCUT2D eigenvalue weighted by Crippen LogP contribution is 2.31. The molecule has 1 aliphatic heterocycles. The van der Waals surface area contributed by atoms with Crippen LogP contribution in [0.15, 0.2) is 90.1 Å². The van der Waals surface area contributed by atoms with Gasteiger partial charge in [0.1, 0.15) is 5.82 Å². The van der Waals surface area contributed by atoms with E-state index < -0.39 is 10.0 Å². The van der Waals surface area contributed by atoms with Crippen molar-refractivity contribution in [3.63, 3.8) is 0 Å². The van der Waals surface area contributed by atoms with Gasteiger partial charge in [0, 0.05) is 67.1 Å². The Kier molecular flexibility index (Phi) is 5.78. The van der Waals surface area contributed by atoms with Crippen molar-refractivity contribution in [1.29, 1.82) is 0 Å². The van der Waals surface area contributed by atoms with Crippen LogP contribution in [0.3, 0.4) is 0 Å². The smallest absolute Gasteiger partial charge is 0.268 e. The topological polar surface area (TPSA) is 61.3 Å². The lowest BCUT2D eigenvalue weighted by Crippen LogP contribution is -2.47. The van der Waals surface area contributed by atoms with Crippen molar-refractivity contribution in [2.24, 2.45) is 0 Å². The van der Waals surface area contributed by atoms with Crippen molar-refractivity contribution in [1.82, 2.24) is 13.9 Å². The summed E-state index contributed by atoms with van der Waals surface area (Å²) in [6.07, 6.45) is 4.49. The van der Waals surface area contributed by atoms with Gasteiger partial charge in [0.15, 0.2) is 0 Å². The number of H-pyrrole nitrogens is 1. The quantitative estimate of drug-likeness (QED) is 0.360. The Morgan fingerprint density at radius 3 is 2.47 bits per heavy atom. The Morgan fingerprint density at radius 1 is 0.861 bits per heavy atom.